The van der Waals surface area contributed by atoms with Crippen LogP contribution in [0, 0.1) is 5.92 Å². The van der Waals surface area contributed by atoms with Gasteiger partial charge in [-0.05, 0) is 54.5 Å². The fourth-order valence-electron chi connectivity index (χ4n) is 4.88. The zero-order valence-electron chi connectivity index (χ0n) is 20.3. The summed E-state index contributed by atoms with van der Waals surface area (Å²) in [6.07, 6.45) is 8.17. The number of para-hydroxylation sites is 1. The maximum Gasteiger partial charge on any atom is 0.162 e. The quantitative estimate of drug-likeness (QED) is 0.408. The van der Waals surface area contributed by atoms with Gasteiger partial charge in [0.2, 0.25) is 0 Å². The smallest absolute Gasteiger partial charge is 0.162 e. The molecule has 4 heterocycles. The predicted octanol–water partition coefficient (Wildman–Crippen LogP) is 5.14. The van der Waals surface area contributed by atoms with Gasteiger partial charge in [0.25, 0.3) is 0 Å². The molecule has 1 aliphatic heterocycles. The average molecular weight is 466 g/mol. The van der Waals surface area contributed by atoms with Crippen LogP contribution in [-0.2, 0) is 0 Å². The molecule has 178 valence electrons. The van der Waals surface area contributed by atoms with Crippen LogP contribution in [0.15, 0.2) is 61.1 Å². The molecule has 0 radical (unpaired) electrons. The number of hydrogen-bond donors (Lipinski definition) is 2. The van der Waals surface area contributed by atoms with Gasteiger partial charge in [-0.25, -0.2) is 15.0 Å². The van der Waals surface area contributed by atoms with Crippen LogP contribution in [0.4, 0.5) is 17.3 Å². The van der Waals surface area contributed by atoms with E-state index in [1.54, 1.807) is 0 Å². The van der Waals surface area contributed by atoms with E-state index in [-0.39, 0.29) is 0 Å². The van der Waals surface area contributed by atoms with E-state index in [4.69, 9.17) is 9.97 Å². The minimum atomic E-state index is 0.436. The van der Waals surface area contributed by atoms with Gasteiger partial charge in [0.15, 0.2) is 5.82 Å². The molecule has 2 fully saturated rings. The van der Waals surface area contributed by atoms with Gasteiger partial charge in [0.1, 0.15) is 11.6 Å². The highest BCUT2D eigenvalue weighted by Gasteiger charge is 2.30. The SMILES string of the molecule is CC(C)[C@H]1CN(c2nc(-c3ccnc(Nc4ccccc4)c3)nc3cncc(C4CC4)c23)CCN1. The Labute approximate surface area is 206 Å². The maximum absolute atomic E-state index is 5.21. The molecule has 0 unspecified atom stereocenters. The summed E-state index contributed by atoms with van der Waals surface area (Å²) in [6, 6.07) is 14.5. The van der Waals surface area contributed by atoms with Gasteiger partial charge in [0, 0.05) is 54.7 Å². The molecular weight excluding hydrogens is 434 g/mol. The van der Waals surface area contributed by atoms with E-state index in [9.17, 15) is 0 Å². The summed E-state index contributed by atoms with van der Waals surface area (Å²) >= 11 is 0. The largest absolute Gasteiger partial charge is 0.353 e. The van der Waals surface area contributed by atoms with Crippen LogP contribution in [0.1, 0.15) is 38.2 Å². The van der Waals surface area contributed by atoms with Gasteiger partial charge in [-0.3, -0.25) is 4.98 Å². The first kappa shape index (κ1) is 21.9. The fourth-order valence-corrected chi connectivity index (χ4v) is 4.88. The monoisotopic (exact) mass is 465 g/mol. The van der Waals surface area contributed by atoms with E-state index >= 15 is 0 Å². The third kappa shape index (κ3) is 4.56. The number of pyridine rings is 2. The number of benzene rings is 1. The van der Waals surface area contributed by atoms with Crippen LogP contribution in [0.5, 0.6) is 0 Å². The molecule has 1 atom stereocenters. The highest BCUT2D eigenvalue weighted by Crippen LogP contribution is 2.45. The molecule has 1 aromatic carbocycles. The van der Waals surface area contributed by atoms with Crippen LogP contribution in [-0.4, -0.2) is 45.6 Å². The first-order chi connectivity index (χ1) is 17.2. The van der Waals surface area contributed by atoms with Gasteiger partial charge in [0.05, 0.1) is 11.7 Å². The van der Waals surface area contributed by atoms with E-state index < -0.39 is 0 Å². The summed E-state index contributed by atoms with van der Waals surface area (Å²) in [5, 5.41) is 8.23. The number of nitrogens with zero attached hydrogens (tertiary/aromatic N) is 5. The molecule has 7 heteroatoms. The van der Waals surface area contributed by atoms with Gasteiger partial charge in [-0.15, -0.1) is 0 Å². The first-order valence-corrected chi connectivity index (χ1v) is 12.6. The second-order valence-corrected chi connectivity index (χ2v) is 9.94. The Hall–Kier alpha value is -3.58. The third-order valence-electron chi connectivity index (χ3n) is 7.01. The molecule has 2 aliphatic rings. The second-order valence-electron chi connectivity index (χ2n) is 9.94. The Kier molecular flexibility index (Phi) is 5.78. The van der Waals surface area contributed by atoms with Crippen LogP contribution < -0.4 is 15.5 Å². The second kappa shape index (κ2) is 9.23. The Morgan fingerprint density at radius 3 is 2.71 bits per heavy atom. The van der Waals surface area contributed by atoms with E-state index in [0.717, 1.165) is 48.0 Å². The molecule has 0 bridgehead atoms. The molecule has 6 rings (SSSR count). The lowest BCUT2D eigenvalue weighted by molar-refractivity contribution is 0.367. The van der Waals surface area contributed by atoms with Crippen LogP contribution in [0.2, 0.25) is 0 Å². The van der Waals surface area contributed by atoms with Crippen molar-refractivity contribution in [2.75, 3.05) is 29.9 Å². The summed E-state index contributed by atoms with van der Waals surface area (Å²) < 4.78 is 0. The summed E-state index contributed by atoms with van der Waals surface area (Å²) in [5.74, 6) is 3.65. The average Bonchev–Trinajstić information content (AvgIpc) is 3.74. The molecule has 4 aromatic rings. The van der Waals surface area contributed by atoms with Crippen molar-refractivity contribution in [3.8, 4) is 11.4 Å². The summed E-state index contributed by atoms with van der Waals surface area (Å²) in [5.41, 5.74) is 4.15. The summed E-state index contributed by atoms with van der Waals surface area (Å²) in [7, 11) is 0. The molecule has 1 aliphatic carbocycles. The van der Waals surface area contributed by atoms with E-state index in [0.29, 0.717) is 23.7 Å². The van der Waals surface area contributed by atoms with Crippen LogP contribution in [0.25, 0.3) is 22.3 Å². The number of anilines is 3. The Balaban J connectivity index is 1.44. The number of hydrogen-bond acceptors (Lipinski definition) is 7. The molecule has 0 spiro atoms. The highest BCUT2D eigenvalue weighted by molar-refractivity contribution is 5.94. The van der Waals surface area contributed by atoms with Crippen molar-refractivity contribution in [1.82, 2.24) is 25.3 Å². The topological polar surface area (TPSA) is 78.9 Å². The maximum atomic E-state index is 5.21. The molecule has 35 heavy (non-hydrogen) atoms. The zero-order valence-corrected chi connectivity index (χ0v) is 20.3. The minimum Gasteiger partial charge on any atom is -0.353 e. The van der Waals surface area contributed by atoms with Crippen molar-refractivity contribution < 1.29 is 0 Å². The van der Waals surface area contributed by atoms with Crippen molar-refractivity contribution >= 4 is 28.2 Å². The first-order valence-electron chi connectivity index (χ1n) is 12.6. The van der Waals surface area contributed by atoms with E-state index in [1.165, 1.54) is 23.8 Å². The van der Waals surface area contributed by atoms with E-state index in [2.05, 4.69) is 39.3 Å². The number of nitrogens with one attached hydrogen (secondary N) is 2. The zero-order chi connectivity index (χ0) is 23.8. The Morgan fingerprint density at radius 1 is 1.06 bits per heavy atom. The van der Waals surface area contributed by atoms with Crippen molar-refractivity contribution in [1.29, 1.82) is 0 Å². The normalized spacial score (nSPS) is 18.3. The fraction of sp³-hybridized carbons (Fsp3) is 0.357. The van der Waals surface area contributed by atoms with Crippen molar-refractivity contribution in [2.24, 2.45) is 5.92 Å². The summed E-state index contributed by atoms with van der Waals surface area (Å²) in [6.45, 7) is 7.38. The predicted molar refractivity (Wildman–Crippen MR) is 141 cm³/mol. The van der Waals surface area contributed by atoms with E-state index in [1.807, 2.05) is 61.1 Å². The Morgan fingerprint density at radius 2 is 1.91 bits per heavy atom. The molecular formula is C28H31N7. The lowest BCUT2D eigenvalue weighted by Gasteiger charge is -2.37. The minimum absolute atomic E-state index is 0.436. The highest BCUT2D eigenvalue weighted by atomic mass is 15.3. The van der Waals surface area contributed by atoms with Gasteiger partial charge >= 0.3 is 0 Å². The standard InChI is InChI=1S/C28H31N7/c1-18(2)24-17-35(13-12-30-24)28-26-22(19-8-9-19)15-29-16-23(26)33-27(34-28)20-10-11-31-25(14-20)32-21-6-4-3-5-7-21/h3-7,10-11,14-16,18-19,24,30H,8-9,12-13,17H2,1-2H3,(H,31,32)/t24-/m1/s1. The van der Waals surface area contributed by atoms with Crippen molar-refractivity contribution in [3.05, 3.63) is 66.6 Å². The molecule has 0 amide bonds. The molecule has 7 nitrogen and oxygen atoms in total. The lowest BCUT2D eigenvalue weighted by atomic mass is 10.0. The Bertz CT molecular complexity index is 1330. The van der Waals surface area contributed by atoms with Crippen LogP contribution >= 0.6 is 0 Å². The number of rotatable bonds is 6. The van der Waals surface area contributed by atoms with Crippen molar-refractivity contribution in [3.63, 3.8) is 0 Å². The van der Waals surface area contributed by atoms with Gasteiger partial charge in [-0.2, -0.15) is 0 Å². The molecule has 2 N–H and O–H groups in total. The van der Waals surface area contributed by atoms with Crippen molar-refractivity contribution in [2.45, 2.75) is 38.6 Å². The third-order valence-corrected chi connectivity index (χ3v) is 7.01. The van der Waals surface area contributed by atoms with Gasteiger partial charge in [-0.1, -0.05) is 32.0 Å². The number of fused-ring (bicyclic) bond motifs is 1. The van der Waals surface area contributed by atoms with Gasteiger partial charge < -0.3 is 15.5 Å². The number of piperazine rings is 1. The number of aromatic nitrogens is 4. The molecule has 1 saturated heterocycles. The molecule has 1 saturated carbocycles. The lowest BCUT2D eigenvalue weighted by Crippen LogP contribution is -2.53. The van der Waals surface area contributed by atoms with Crippen LogP contribution in [0.3, 0.4) is 0 Å². The summed E-state index contributed by atoms with van der Waals surface area (Å²) in [4.78, 5) is 21.7. The molecule has 3 aromatic heterocycles.